The maximum Gasteiger partial charge on any atom is 0.255 e. The summed E-state index contributed by atoms with van der Waals surface area (Å²) in [5.41, 5.74) is 2.33. The molecule has 1 aromatic heterocycles. The number of rotatable bonds is 4. The number of aryl methyl sites for hydroxylation is 1. The number of aromatic nitrogens is 2. The number of imidazole rings is 1. The van der Waals surface area contributed by atoms with E-state index in [0.717, 1.165) is 20.4 Å². The zero-order valence-corrected chi connectivity index (χ0v) is 16.1. The second kappa shape index (κ2) is 6.98. The van der Waals surface area contributed by atoms with Crippen LogP contribution in [-0.2, 0) is 13.6 Å². The molecule has 0 spiro atoms. The van der Waals surface area contributed by atoms with E-state index < -0.39 is 0 Å². The number of nitrogens with zero attached hydrogens (tertiary/aromatic N) is 2. The second-order valence-electron chi connectivity index (χ2n) is 5.23. The number of fused-ring (bicyclic) bond motifs is 1. The van der Waals surface area contributed by atoms with Gasteiger partial charge in [0.25, 0.3) is 5.91 Å². The third-order valence-electron chi connectivity index (χ3n) is 3.77. The molecule has 3 rings (SSSR count). The molecule has 0 saturated carbocycles. The molecule has 0 aliphatic rings. The van der Waals surface area contributed by atoms with Crippen molar-refractivity contribution in [3.63, 3.8) is 0 Å². The predicted octanol–water partition coefficient (Wildman–Crippen LogP) is 3.77. The van der Waals surface area contributed by atoms with Crippen molar-refractivity contribution in [1.82, 2.24) is 14.9 Å². The Kier molecular flexibility index (Phi) is 4.96. The molecule has 0 aliphatic heterocycles. The van der Waals surface area contributed by atoms with Crippen LogP contribution in [0.4, 0.5) is 0 Å². The molecule has 0 bridgehead atoms. The largest absolute Gasteiger partial charge is 0.496 e. The smallest absolute Gasteiger partial charge is 0.255 e. The summed E-state index contributed by atoms with van der Waals surface area (Å²) < 4.78 is 8.08. The first-order valence-electron chi connectivity index (χ1n) is 7.23. The molecular weight excluding hydrogens is 441 g/mol. The van der Waals surface area contributed by atoms with Gasteiger partial charge in [-0.05, 0) is 46.9 Å². The SMILES string of the molecule is COc1cc(I)c(Cl)cc1C(=O)NCc1nc2ccccc2n1C. The Morgan fingerprint density at radius 1 is 1.38 bits per heavy atom. The average Bonchev–Trinajstić information content (AvgIpc) is 2.91. The molecule has 24 heavy (non-hydrogen) atoms. The highest BCUT2D eigenvalue weighted by molar-refractivity contribution is 14.1. The summed E-state index contributed by atoms with van der Waals surface area (Å²) in [4.78, 5) is 17.0. The van der Waals surface area contributed by atoms with E-state index in [1.54, 1.807) is 12.1 Å². The van der Waals surface area contributed by atoms with Crippen LogP contribution in [0.5, 0.6) is 5.75 Å². The van der Waals surface area contributed by atoms with Crippen LogP contribution in [0.2, 0.25) is 5.02 Å². The summed E-state index contributed by atoms with van der Waals surface area (Å²) in [6.07, 6.45) is 0. The molecular formula is C17H15ClIN3O2. The first-order valence-corrected chi connectivity index (χ1v) is 8.68. The number of hydrogen-bond donors (Lipinski definition) is 1. The molecule has 3 aromatic rings. The molecule has 0 saturated heterocycles. The summed E-state index contributed by atoms with van der Waals surface area (Å²) in [7, 11) is 3.46. The monoisotopic (exact) mass is 455 g/mol. The van der Waals surface area contributed by atoms with Crippen LogP contribution in [0.3, 0.4) is 0 Å². The molecule has 1 amide bonds. The first kappa shape index (κ1) is 17.0. The topological polar surface area (TPSA) is 56.1 Å². The van der Waals surface area contributed by atoms with Gasteiger partial charge in [-0.1, -0.05) is 23.7 Å². The van der Waals surface area contributed by atoms with Gasteiger partial charge in [0.1, 0.15) is 11.6 Å². The van der Waals surface area contributed by atoms with E-state index in [4.69, 9.17) is 16.3 Å². The normalized spacial score (nSPS) is 10.8. The fourth-order valence-corrected chi connectivity index (χ4v) is 3.09. The van der Waals surface area contributed by atoms with Crippen LogP contribution in [0.1, 0.15) is 16.2 Å². The Balaban J connectivity index is 1.82. The fraction of sp³-hybridized carbons (Fsp3) is 0.176. The molecule has 5 nitrogen and oxygen atoms in total. The number of nitrogens with one attached hydrogen (secondary N) is 1. The van der Waals surface area contributed by atoms with Crippen LogP contribution in [0, 0.1) is 3.57 Å². The number of hydrogen-bond acceptors (Lipinski definition) is 3. The van der Waals surface area contributed by atoms with E-state index in [-0.39, 0.29) is 5.91 Å². The number of ether oxygens (including phenoxy) is 1. The maximum absolute atomic E-state index is 12.5. The number of carbonyl (C=O) groups excluding carboxylic acids is 1. The van der Waals surface area contributed by atoms with Gasteiger partial charge in [0.2, 0.25) is 0 Å². The molecule has 0 fully saturated rings. The zero-order chi connectivity index (χ0) is 17.3. The van der Waals surface area contributed by atoms with Crippen LogP contribution >= 0.6 is 34.2 Å². The number of amides is 1. The van der Waals surface area contributed by atoms with Gasteiger partial charge in [0.15, 0.2) is 0 Å². The van der Waals surface area contributed by atoms with Crippen molar-refractivity contribution in [3.05, 3.63) is 56.4 Å². The molecule has 2 aromatic carbocycles. The Hall–Kier alpha value is -1.80. The lowest BCUT2D eigenvalue weighted by Gasteiger charge is -2.11. The van der Waals surface area contributed by atoms with Crippen molar-refractivity contribution in [1.29, 1.82) is 0 Å². The fourth-order valence-electron chi connectivity index (χ4n) is 2.48. The first-order chi connectivity index (χ1) is 11.5. The maximum atomic E-state index is 12.5. The Labute approximate surface area is 158 Å². The number of carbonyl (C=O) groups is 1. The lowest BCUT2D eigenvalue weighted by molar-refractivity contribution is 0.0946. The van der Waals surface area contributed by atoms with Crippen molar-refractivity contribution in [2.75, 3.05) is 7.11 Å². The van der Waals surface area contributed by atoms with Gasteiger partial charge in [-0.15, -0.1) is 0 Å². The third kappa shape index (κ3) is 3.21. The average molecular weight is 456 g/mol. The molecule has 0 unspecified atom stereocenters. The van der Waals surface area contributed by atoms with E-state index in [2.05, 4.69) is 32.9 Å². The highest BCUT2D eigenvalue weighted by atomic mass is 127. The lowest BCUT2D eigenvalue weighted by atomic mass is 10.2. The lowest BCUT2D eigenvalue weighted by Crippen LogP contribution is -2.25. The third-order valence-corrected chi connectivity index (χ3v) is 5.30. The number of para-hydroxylation sites is 2. The minimum absolute atomic E-state index is 0.253. The van der Waals surface area contributed by atoms with Crippen molar-refractivity contribution < 1.29 is 9.53 Å². The number of halogens is 2. The van der Waals surface area contributed by atoms with Crippen molar-refractivity contribution >= 4 is 51.1 Å². The molecule has 1 heterocycles. The summed E-state index contributed by atoms with van der Waals surface area (Å²) in [5.74, 6) is 1.02. The van der Waals surface area contributed by atoms with Crippen LogP contribution < -0.4 is 10.1 Å². The Morgan fingerprint density at radius 2 is 2.12 bits per heavy atom. The highest BCUT2D eigenvalue weighted by Gasteiger charge is 2.16. The Morgan fingerprint density at radius 3 is 2.83 bits per heavy atom. The summed E-state index contributed by atoms with van der Waals surface area (Å²) in [6.45, 7) is 0.316. The van der Waals surface area contributed by atoms with E-state index >= 15 is 0 Å². The quantitative estimate of drug-likeness (QED) is 0.610. The van der Waals surface area contributed by atoms with Gasteiger partial charge >= 0.3 is 0 Å². The van der Waals surface area contributed by atoms with Crippen LogP contribution in [0.25, 0.3) is 11.0 Å². The Bertz CT molecular complexity index is 924. The zero-order valence-electron chi connectivity index (χ0n) is 13.1. The van der Waals surface area contributed by atoms with E-state index in [1.165, 1.54) is 7.11 Å². The van der Waals surface area contributed by atoms with E-state index in [1.807, 2.05) is 35.9 Å². The molecule has 0 aliphatic carbocycles. The summed E-state index contributed by atoms with van der Waals surface area (Å²) in [6, 6.07) is 11.2. The van der Waals surface area contributed by atoms with Gasteiger partial charge in [-0.2, -0.15) is 0 Å². The van der Waals surface area contributed by atoms with Crippen LogP contribution in [-0.4, -0.2) is 22.6 Å². The van der Waals surface area contributed by atoms with Crippen molar-refractivity contribution in [2.24, 2.45) is 7.05 Å². The van der Waals surface area contributed by atoms with E-state index in [9.17, 15) is 4.79 Å². The van der Waals surface area contributed by atoms with Gasteiger partial charge in [0.05, 0.1) is 35.3 Å². The van der Waals surface area contributed by atoms with E-state index in [0.29, 0.717) is 22.9 Å². The standard InChI is InChI=1S/C17H15ClIN3O2/c1-22-14-6-4-3-5-13(14)21-16(22)9-20-17(23)10-7-11(18)12(19)8-15(10)24-2/h3-8H,9H2,1-2H3,(H,20,23). The van der Waals surface area contributed by atoms with Crippen molar-refractivity contribution in [2.45, 2.75) is 6.54 Å². The summed E-state index contributed by atoms with van der Waals surface area (Å²) >= 11 is 8.22. The van der Waals surface area contributed by atoms with Gasteiger partial charge < -0.3 is 14.6 Å². The highest BCUT2D eigenvalue weighted by Crippen LogP contribution is 2.28. The number of benzene rings is 2. The molecule has 1 N–H and O–H groups in total. The molecule has 0 radical (unpaired) electrons. The molecule has 124 valence electrons. The van der Waals surface area contributed by atoms with Crippen LogP contribution in [0.15, 0.2) is 36.4 Å². The van der Waals surface area contributed by atoms with Gasteiger partial charge in [-0.25, -0.2) is 4.98 Å². The number of methoxy groups -OCH3 is 1. The minimum Gasteiger partial charge on any atom is -0.496 e. The van der Waals surface area contributed by atoms with Gasteiger partial charge in [-0.3, -0.25) is 4.79 Å². The second-order valence-corrected chi connectivity index (χ2v) is 6.79. The predicted molar refractivity (Wildman–Crippen MR) is 103 cm³/mol. The van der Waals surface area contributed by atoms with Crippen molar-refractivity contribution in [3.8, 4) is 5.75 Å². The van der Waals surface area contributed by atoms with Gasteiger partial charge in [0, 0.05) is 10.6 Å². The molecule has 0 atom stereocenters. The minimum atomic E-state index is -0.253. The summed E-state index contributed by atoms with van der Waals surface area (Å²) in [5, 5.41) is 3.39. The molecule has 7 heteroatoms.